The number of nitrogens with one attached hydrogen (secondary N) is 1. The molecule has 1 aromatic rings. The molecular formula is C12H18N2O3. The molecule has 1 heterocycles. The van der Waals surface area contributed by atoms with E-state index in [1.807, 2.05) is 6.92 Å². The predicted molar refractivity (Wildman–Crippen MR) is 64.3 cm³/mol. The Kier molecular flexibility index (Phi) is 2.85. The summed E-state index contributed by atoms with van der Waals surface area (Å²) in [4.78, 5) is 25.5. The highest BCUT2D eigenvalue weighted by Crippen LogP contribution is 2.46. The molecule has 94 valence electrons. The number of rotatable bonds is 4. The van der Waals surface area contributed by atoms with Crippen molar-refractivity contribution in [3.63, 3.8) is 0 Å². The number of H-pyrrole nitrogens is 1. The molecule has 1 aliphatic carbocycles. The summed E-state index contributed by atoms with van der Waals surface area (Å²) in [5.74, 6) is -0.159. The summed E-state index contributed by atoms with van der Waals surface area (Å²) in [7, 11) is 0. The van der Waals surface area contributed by atoms with Gasteiger partial charge in [0, 0.05) is 6.54 Å². The van der Waals surface area contributed by atoms with E-state index in [-0.39, 0.29) is 11.3 Å². The van der Waals surface area contributed by atoms with Crippen LogP contribution in [0.2, 0.25) is 0 Å². The quantitative estimate of drug-likeness (QED) is 0.821. The molecule has 1 fully saturated rings. The van der Waals surface area contributed by atoms with Crippen molar-refractivity contribution >= 4 is 0 Å². The maximum absolute atomic E-state index is 11.7. The third kappa shape index (κ3) is 2.28. The van der Waals surface area contributed by atoms with E-state index in [2.05, 4.69) is 11.9 Å². The highest BCUT2D eigenvalue weighted by molar-refractivity contribution is 5.23. The van der Waals surface area contributed by atoms with Crippen molar-refractivity contribution in [1.82, 2.24) is 9.55 Å². The van der Waals surface area contributed by atoms with Gasteiger partial charge in [0.15, 0.2) is 0 Å². The zero-order chi connectivity index (χ0) is 12.6. The van der Waals surface area contributed by atoms with Crippen LogP contribution in [0.5, 0.6) is 5.88 Å². The predicted octanol–water partition coefficient (Wildman–Crippen LogP) is 0.995. The fourth-order valence-electron chi connectivity index (χ4n) is 1.98. The number of nitrogens with zero attached hydrogens (tertiary/aromatic N) is 1. The van der Waals surface area contributed by atoms with E-state index in [0.29, 0.717) is 18.5 Å². The Morgan fingerprint density at radius 2 is 2.06 bits per heavy atom. The van der Waals surface area contributed by atoms with E-state index in [1.165, 1.54) is 4.57 Å². The van der Waals surface area contributed by atoms with Crippen molar-refractivity contribution in [3.05, 3.63) is 26.4 Å². The average Bonchev–Trinajstić information content (AvgIpc) is 2.98. The Balaban J connectivity index is 2.47. The van der Waals surface area contributed by atoms with Gasteiger partial charge in [-0.2, -0.15) is 0 Å². The first kappa shape index (κ1) is 12.0. The summed E-state index contributed by atoms with van der Waals surface area (Å²) in [5.41, 5.74) is -0.563. The van der Waals surface area contributed by atoms with Crippen LogP contribution in [0.15, 0.2) is 9.59 Å². The lowest BCUT2D eigenvalue weighted by molar-refractivity contribution is 0.353. The minimum absolute atomic E-state index is 0.100. The van der Waals surface area contributed by atoms with Crippen LogP contribution in [-0.4, -0.2) is 14.7 Å². The van der Waals surface area contributed by atoms with Gasteiger partial charge >= 0.3 is 5.69 Å². The summed E-state index contributed by atoms with van der Waals surface area (Å²) >= 11 is 0. The Morgan fingerprint density at radius 3 is 2.59 bits per heavy atom. The lowest BCUT2D eigenvalue weighted by Gasteiger charge is -2.14. The van der Waals surface area contributed by atoms with E-state index < -0.39 is 11.2 Å². The number of aromatic nitrogens is 2. The molecule has 0 bridgehead atoms. The highest BCUT2D eigenvalue weighted by Gasteiger charge is 2.38. The minimum atomic E-state index is -0.513. The summed E-state index contributed by atoms with van der Waals surface area (Å²) in [6.07, 6.45) is 3.35. The van der Waals surface area contributed by atoms with Crippen LogP contribution < -0.4 is 11.2 Å². The van der Waals surface area contributed by atoms with Gasteiger partial charge in [0.2, 0.25) is 5.88 Å². The molecule has 0 aromatic carbocycles. The van der Waals surface area contributed by atoms with Gasteiger partial charge in [-0.15, -0.1) is 0 Å². The molecule has 0 unspecified atom stereocenters. The SMILES string of the molecule is CCCc1c(O)n(CC2(C)CC2)c(=O)[nH]c1=O. The molecule has 2 N–H and O–H groups in total. The topological polar surface area (TPSA) is 75.1 Å². The smallest absolute Gasteiger partial charge is 0.331 e. The third-order valence-electron chi connectivity index (χ3n) is 3.41. The van der Waals surface area contributed by atoms with Crippen molar-refractivity contribution in [1.29, 1.82) is 0 Å². The molecule has 5 heteroatoms. The summed E-state index contributed by atoms with van der Waals surface area (Å²) in [5, 5.41) is 10.0. The first-order chi connectivity index (χ1) is 7.97. The fraction of sp³-hybridized carbons (Fsp3) is 0.667. The van der Waals surface area contributed by atoms with Crippen molar-refractivity contribution < 1.29 is 5.11 Å². The first-order valence-corrected chi connectivity index (χ1v) is 6.02. The molecule has 1 saturated carbocycles. The minimum Gasteiger partial charge on any atom is -0.494 e. The normalized spacial score (nSPS) is 17.1. The third-order valence-corrected chi connectivity index (χ3v) is 3.41. The lowest BCUT2D eigenvalue weighted by Crippen LogP contribution is -2.33. The van der Waals surface area contributed by atoms with Gasteiger partial charge in [-0.25, -0.2) is 4.79 Å². The Hall–Kier alpha value is -1.52. The van der Waals surface area contributed by atoms with Crippen LogP contribution in [0.25, 0.3) is 0 Å². The summed E-state index contributed by atoms with van der Waals surface area (Å²) < 4.78 is 1.29. The fourth-order valence-corrected chi connectivity index (χ4v) is 1.98. The molecule has 17 heavy (non-hydrogen) atoms. The summed E-state index contributed by atoms with van der Waals surface area (Å²) in [6.45, 7) is 4.48. The number of hydrogen-bond donors (Lipinski definition) is 2. The molecule has 0 atom stereocenters. The molecule has 0 amide bonds. The van der Waals surface area contributed by atoms with E-state index in [9.17, 15) is 14.7 Å². The Morgan fingerprint density at radius 1 is 1.41 bits per heavy atom. The lowest BCUT2D eigenvalue weighted by atomic mass is 10.1. The molecule has 0 saturated heterocycles. The van der Waals surface area contributed by atoms with Crippen molar-refractivity contribution in [3.8, 4) is 5.88 Å². The molecular weight excluding hydrogens is 220 g/mol. The summed E-state index contributed by atoms with van der Waals surface area (Å²) in [6, 6.07) is 0. The van der Waals surface area contributed by atoms with E-state index in [0.717, 1.165) is 19.3 Å². The van der Waals surface area contributed by atoms with Gasteiger partial charge in [-0.1, -0.05) is 20.3 Å². The zero-order valence-electron chi connectivity index (χ0n) is 10.2. The van der Waals surface area contributed by atoms with Gasteiger partial charge in [0.05, 0.1) is 5.56 Å². The number of aromatic hydroxyl groups is 1. The van der Waals surface area contributed by atoms with Gasteiger partial charge in [0.1, 0.15) is 0 Å². The first-order valence-electron chi connectivity index (χ1n) is 6.02. The molecule has 1 aromatic heterocycles. The molecule has 0 aliphatic heterocycles. The van der Waals surface area contributed by atoms with Crippen LogP contribution in [0, 0.1) is 5.41 Å². The van der Waals surface area contributed by atoms with Crippen LogP contribution in [0.1, 0.15) is 38.7 Å². The van der Waals surface area contributed by atoms with E-state index in [4.69, 9.17) is 0 Å². The van der Waals surface area contributed by atoms with Crippen molar-refractivity contribution in [2.45, 2.75) is 46.1 Å². The largest absolute Gasteiger partial charge is 0.494 e. The standard InChI is InChI=1S/C12H18N2O3/c1-3-4-8-9(15)13-11(17)14(10(8)16)7-12(2)5-6-12/h16H,3-7H2,1-2H3,(H,13,15,17). The van der Waals surface area contributed by atoms with Crippen LogP contribution in [0.4, 0.5) is 0 Å². The highest BCUT2D eigenvalue weighted by atomic mass is 16.3. The second-order valence-corrected chi connectivity index (χ2v) is 5.21. The van der Waals surface area contributed by atoms with Gasteiger partial charge in [-0.3, -0.25) is 14.3 Å². The second kappa shape index (κ2) is 4.05. The number of hydrogen-bond acceptors (Lipinski definition) is 3. The second-order valence-electron chi connectivity index (χ2n) is 5.21. The van der Waals surface area contributed by atoms with Crippen LogP contribution in [0.3, 0.4) is 0 Å². The average molecular weight is 238 g/mol. The molecule has 0 spiro atoms. The molecule has 1 aliphatic rings. The van der Waals surface area contributed by atoms with Gasteiger partial charge < -0.3 is 5.11 Å². The molecule has 0 radical (unpaired) electrons. The van der Waals surface area contributed by atoms with Gasteiger partial charge in [0.25, 0.3) is 5.56 Å². The van der Waals surface area contributed by atoms with E-state index in [1.54, 1.807) is 0 Å². The monoisotopic (exact) mass is 238 g/mol. The molecule has 2 rings (SSSR count). The van der Waals surface area contributed by atoms with Crippen LogP contribution >= 0.6 is 0 Å². The zero-order valence-corrected chi connectivity index (χ0v) is 10.2. The van der Waals surface area contributed by atoms with Crippen molar-refractivity contribution in [2.24, 2.45) is 5.41 Å². The molecule has 5 nitrogen and oxygen atoms in total. The van der Waals surface area contributed by atoms with Crippen LogP contribution in [-0.2, 0) is 13.0 Å². The Labute approximate surface area is 99.1 Å². The maximum Gasteiger partial charge on any atom is 0.331 e. The van der Waals surface area contributed by atoms with Crippen molar-refractivity contribution in [2.75, 3.05) is 0 Å². The van der Waals surface area contributed by atoms with Gasteiger partial charge in [-0.05, 0) is 24.7 Å². The number of aromatic amines is 1. The Bertz CT molecular complexity index is 538. The van der Waals surface area contributed by atoms with E-state index >= 15 is 0 Å². The maximum atomic E-state index is 11.7.